The van der Waals surface area contributed by atoms with Crippen LogP contribution in [0.15, 0.2) is 18.2 Å². The molecule has 0 aliphatic heterocycles. The third-order valence-electron chi connectivity index (χ3n) is 3.29. The average molecular weight is 248 g/mol. The van der Waals surface area contributed by atoms with E-state index in [-0.39, 0.29) is 11.8 Å². The van der Waals surface area contributed by atoms with E-state index in [0.29, 0.717) is 6.54 Å². The third kappa shape index (κ3) is 3.57. The summed E-state index contributed by atoms with van der Waals surface area (Å²) in [5, 5.41) is 0. The Bertz CT molecular complexity index is 427. The topological polar surface area (TPSA) is 46.3 Å². The smallest absolute Gasteiger partial charge is 0.239 e. The maximum atomic E-state index is 12.1. The quantitative estimate of drug-likeness (QED) is 0.888. The fraction of sp³-hybridized carbons (Fsp3) is 0.533. The van der Waals surface area contributed by atoms with Gasteiger partial charge in [0.2, 0.25) is 5.91 Å². The molecule has 1 aromatic rings. The van der Waals surface area contributed by atoms with Crippen LogP contribution in [0.25, 0.3) is 0 Å². The van der Waals surface area contributed by atoms with E-state index >= 15 is 0 Å². The SMILES string of the molecule is Cc1ccc(CN(C)C(=O)[C@H](N)C(C)C)c(C)c1. The molecule has 18 heavy (non-hydrogen) atoms. The normalized spacial score (nSPS) is 12.6. The van der Waals surface area contributed by atoms with Gasteiger partial charge in [-0.15, -0.1) is 0 Å². The van der Waals surface area contributed by atoms with E-state index in [9.17, 15) is 4.79 Å². The molecule has 0 bridgehead atoms. The first-order chi connectivity index (χ1) is 8.32. The van der Waals surface area contributed by atoms with Crippen LogP contribution < -0.4 is 5.73 Å². The number of hydrogen-bond acceptors (Lipinski definition) is 2. The highest BCUT2D eigenvalue weighted by atomic mass is 16.2. The first kappa shape index (κ1) is 14.7. The first-order valence-corrected chi connectivity index (χ1v) is 6.39. The van der Waals surface area contributed by atoms with Gasteiger partial charge in [-0.25, -0.2) is 0 Å². The molecule has 100 valence electrons. The molecule has 0 heterocycles. The molecule has 0 spiro atoms. The lowest BCUT2D eigenvalue weighted by Crippen LogP contribution is -2.44. The highest BCUT2D eigenvalue weighted by Gasteiger charge is 2.21. The Morgan fingerprint density at radius 2 is 1.94 bits per heavy atom. The van der Waals surface area contributed by atoms with Gasteiger partial charge in [0, 0.05) is 13.6 Å². The zero-order valence-electron chi connectivity index (χ0n) is 12.0. The van der Waals surface area contributed by atoms with Crippen molar-refractivity contribution >= 4 is 5.91 Å². The minimum atomic E-state index is -0.416. The number of rotatable bonds is 4. The zero-order chi connectivity index (χ0) is 13.9. The molecular weight excluding hydrogens is 224 g/mol. The van der Waals surface area contributed by atoms with E-state index in [2.05, 4.69) is 32.0 Å². The number of nitrogens with two attached hydrogens (primary N) is 1. The number of carbonyl (C=O) groups excluding carboxylic acids is 1. The predicted octanol–water partition coefficient (Wildman–Crippen LogP) is 2.25. The number of amides is 1. The van der Waals surface area contributed by atoms with E-state index in [0.717, 1.165) is 0 Å². The Morgan fingerprint density at radius 1 is 1.33 bits per heavy atom. The van der Waals surface area contributed by atoms with Crippen LogP contribution in [0.4, 0.5) is 0 Å². The van der Waals surface area contributed by atoms with Gasteiger partial charge in [0.1, 0.15) is 0 Å². The van der Waals surface area contributed by atoms with E-state index in [1.807, 2.05) is 20.9 Å². The van der Waals surface area contributed by atoms with Crippen LogP contribution in [0, 0.1) is 19.8 Å². The van der Waals surface area contributed by atoms with Gasteiger partial charge < -0.3 is 10.6 Å². The van der Waals surface area contributed by atoms with E-state index in [1.54, 1.807) is 4.90 Å². The van der Waals surface area contributed by atoms with E-state index < -0.39 is 6.04 Å². The van der Waals surface area contributed by atoms with Gasteiger partial charge in [0.25, 0.3) is 0 Å². The van der Waals surface area contributed by atoms with Crippen molar-refractivity contribution in [1.29, 1.82) is 0 Å². The Kier molecular flexibility index (Phi) is 4.91. The lowest BCUT2D eigenvalue weighted by Gasteiger charge is -2.24. The van der Waals surface area contributed by atoms with Crippen molar-refractivity contribution in [1.82, 2.24) is 4.90 Å². The van der Waals surface area contributed by atoms with Gasteiger partial charge in [0.05, 0.1) is 6.04 Å². The molecule has 1 amide bonds. The second-order valence-electron chi connectivity index (χ2n) is 5.39. The molecule has 1 rings (SSSR count). The van der Waals surface area contributed by atoms with Crippen molar-refractivity contribution in [2.24, 2.45) is 11.7 Å². The summed E-state index contributed by atoms with van der Waals surface area (Å²) in [6, 6.07) is 5.87. The molecule has 0 radical (unpaired) electrons. The second kappa shape index (κ2) is 6.01. The molecule has 0 aliphatic rings. The highest BCUT2D eigenvalue weighted by molar-refractivity contribution is 5.81. The Balaban J connectivity index is 2.75. The molecule has 3 heteroatoms. The molecule has 3 nitrogen and oxygen atoms in total. The molecule has 0 saturated carbocycles. The second-order valence-corrected chi connectivity index (χ2v) is 5.39. The molecule has 0 unspecified atom stereocenters. The Labute approximate surface area is 110 Å². The largest absolute Gasteiger partial charge is 0.340 e. The Morgan fingerprint density at radius 3 is 2.44 bits per heavy atom. The first-order valence-electron chi connectivity index (χ1n) is 6.39. The van der Waals surface area contributed by atoms with Crippen LogP contribution >= 0.6 is 0 Å². The number of nitrogens with zero attached hydrogens (tertiary/aromatic N) is 1. The van der Waals surface area contributed by atoms with Crippen LogP contribution in [-0.2, 0) is 11.3 Å². The monoisotopic (exact) mass is 248 g/mol. The van der Waals surface area contributed by atoms with Crippen LogP contribution in [-0.4, -0.2) is 23.9 Å². The summed E-state index contributed by atoms with van der Waals surface area (Å²) in [5.41, 5.74) is 9.51. The molecule has 0 aliphatic carbocycles. The average Bonchev–Trinajstić information content (AvgIpc) is 2.30. The zero-order valence-corrected chi connectivity index (χ0v) is 12.0. The minimum absolute atomic E-state index is 0.00461. The lowest BCUT2D eigenvalue weighted by atomic mass is 10.0. The molecule has 0 fully saturated rings. The summed E-state index contributed by atoms with van der Waals surface area (Å²) in [6.45, 7) is 8.69. The third-order valence-corrected chi connectivity index (χ3v) is 3.29. The summed E-state index contributed by atoms with van der Waals surface area (Å²) in [4.78, 5) is 13.8. The number of likely N-dealkylation sites (N-methyl/N-ethyl adjacent to an activating group) is 1. The maximum absolute atomic E-state index is 12.1. The predicted molar refractivity (Wildman–Crippen MR) is 75.2 cm³/mol. The Hall–Kier alpha value is -1.35. The van der Waals surface area contributed by atoms with Crippen molar-refractivity contribution in [3.63, 3.8) is 0 Å². The number of carbonyl (C=O) groups is 1. The molecule has 0 saturated heterocycles. The summed E-state index contributed by atoms with van der Waals surface area (Å²) in [6.07, 6.45) is 0. The maximum Gasteiger partial charge on any atom is 0.239 e. The molecule has 0 aromatic heterocycles. The van der Waals surface area contributed by atoms with Crippen molar-refractivity contribution in [2.75, 3.05) is 7.05 Å². The van der Waals surface area contributed by atoms with Crippen molar-refractivity contribution in [2.45, 2.75) is 40.3 Å². The lowest BCUT2D eigenvalue weighted by molar-refractivity contribution is -0.132. The number of aryl methyl sites for hydroxylation is 2. The highest BCUT2D eigenvalue weighted by Crippen LogP contribution is 2.13. The molecule has 2 N–H and O–H groups in total. The van der Waals surface area contributed by atoms with Gasteiger partial charge in [-0.05, 0) is 30.9 Å². The minimum Gasteiger partial charge on any atom is -0.340 e. The fourth-order valence-corrected chi connectivity index (χ4v) is 1.90. The van der Waals surface area contributed by atoms with Gasteiger partial charge in [0.15, 0.2) is 0 Å². The summed E-state index contributed by atoms with van der Waals surface area (Å²) < 4.78 is 0. The summed E-state index contributed by atoms with van der Waals surface area (Å²) in [5.74, 6) is 0.170. The van der Waals surface area contributed by atoms with E-state index in [4.69, 9.17) is 5.73 Å². The van der Waals surface area contributed by atoms with Gasteiger partial charge in [-0.2, -0.15) is 0 Å². The van der Waals surface area contributed by atoms with E-state index in [1.165, 1.54) is 16.7 Å². The molecular formula is C15H24N2O. The molecule has 1 aromatic carbocycles. The van der Waals surface area contributed by atoms with Crippen LogP contribution in [0.1, 0.15) is 30.5 Å². The van der Waals surface area contributed by atoms with Gasteiger partial charge in [-0.3, -0.25) is 4.79 Å². The number of benzene rings is 1. The van der Waals surface area contributed by atoms with Crippen molar-refractivity contribution < 1.29 is 4.79 Å². The summed E-state index contributed by atoms with van der Waals surface area (Å²) >= 11 is 0. The van der Waals surface area contributed by atoms with Crippen molar-refractivity contribution in [3.05, 3.63) is 34.9 Å². The van der Waals surface area contributed by atoms with Crippen LogP contribution in [0.3, 0.4) is 0 Å². The standard InChI is InChI=1S/C15H24N2O/c1-10(2)14(16)15(18)17(5)9-13-7-6-11(3)8-12(13)4/h6-8,10,14H,9,16H2,1-5H3/t14-/m1/s1. The fourth-order valence-electron chi connectivity index (χ4n) is 1.90. The number of hydrogen-bond donors (Lipinski definition) is 1. The van der Waals surface area contributed by atoms with Gasteiger partial charge >= 0.3 is 0 Å². The van der Waals surface area contributed by atoms with Crippen LogP contribution in [0.5, 0.6) is 0 Å². The van der Waals surface area contributed by atoms with Crippen molar-refractivity contribution in [3.8, 4) is 0 Å². The summed E-state index contributed by atoms with van der Waals surface area (Å²) in [7, 11) is 1.81. The molecule has 1 atom stereocenters. The van der Waals surface area contributed by atoms with Crippen LogP contribution in [0.2, 0.25) is 0 Å². The van der Waals surface area contributed by atoms with Gasteiger partial charge in [-0.1, -0.05) is 37.6 Å².